The molecule has 2 heterocycles. The number of ether oxygens (including phenoxy) is 1. The number of carbonyl (C=O) groups is 2. The molecule has 3 N–H and O–H groups in total. The molecule has 13 nitrogen and oxygen atoms in total. The van der Waals surface area contributed by atoms with E-state index in [0.29, 0.717) is 18.7 Å². The van der Waals surface area contributed by atoms with Crippen molar-refractivity contribution in [2.24, 2.45) is 21.9 Å². The van der Waals surface area contributed by atoms with Crippen LogP contribution >= 0.6 is 33.8 Å². The first kappa shape index (κ1) is 41.0. The highest BCUT2D eigenvalue weighted by Gasteiger charge is 2.14. The van der Waals surface area contributed by atoms with Crippen molar-refractivity contribution < 1.29 is 19.4 Å². The van der Waals surface area contributed by atoms with Crippen LogP contribution in [0.25, 0.3) is 20.9 Å². The summed E-state index contributed by atoms with van der Waals surface area (Å²) in [6, 6.07) is 6.01. The summed E-state index contributed by atoms with van der Waals surface area (Å²) in [6.45, 7) is 2.42. The van der Waals surface area contributed by atoms with E-state index in [4.69, 9.17) is 21.9 Å². The molecule has 0 aliphatic heterocycles. The lowest BCUT2D eigenvalue weighted by Crippen LogP contribution is -2.32. The van der Waals surface area contributed by atoms with E-state index in [-0.39, 0.29) is 46.7 Å². The minimum absolute atomic E-state index is 0. The maximum absolute atomic E-state index is 11.3. The van der Waals surface area contributed by atoms with E-state index >= 15 is 0 Å². The topological polar surface area (TPSA) is 213 Å². The van der Waals surface area contributed by atoms with Gasteiger partial charge in [0.2, 0.25) is 0 Å². The largest absolute Gasteiger partial charge is 0.480 e. The lowest BCUT2D eigenvalue weighted by atomic mass is 10.0. The Bertz CT molecular complexity index is 1100. The molecule has 2 rings (SSSR count). The lowest BCUT2D eigenvalue weighted by Gasteiger charge is -2.08. The number of hydrogen-bond donors (Lipinski definition) is 2. The van der Waals surface area contributed by atoms with Gasteiger partial charge in [-0.2, -0.15) is 0 Å². The van der Waals surface area contributed by atoms with Crippen LogP contribution in [0.3, 0.4) is 0 Å². The minimum atomic E-state index is -1.07. The van der Waals surface area contributed by atoms with Gasteiger partial charge in [-0.3, -0.25) is 19.6 Å². The molecule has 0 fully saturated rings. The number of hydrogen-bond acceptors (Lipinski definition) is 8. The van der Waals surface area contributed by atoms with Gasteiger partial charge >= 0.3 is 11.9 Å². The zero-order valence-electron chi connectivity index (χ0n) is 20.5. The Morgan fingerprint density at radius 3 is 1.79 bits per heavy atom. The third-order valence-corrected chi connectivity index (χ3v) is 4.26. The molecule has 2 aromatic rings. The normalized spacial score (nSPS) is 10.6. The molecule has 2 aromatic heterocycles. The SMILES string of the molecule is C.C.COC(=O)[C@@H](C)Cc1cc(CN=[N+]=[N-])ccn1.PP(P)P.[N-]=[N+]=NCc1ccnc(C[C@H](N)C(=O)O)c1. The molecule has 216 valence electrons. The van der Waals surface area contributed by atoms with Gasteiger partial charge in [-0.25, -0.2) is 0 Å². The quantitative estimate of drug-likeness (QED) is 0.103. The Morgan fingerprint density at radius 1 is 1.03 bits per heavy atom. The van der Waals surface area contributed by atoms with E-state index in [1.165, 1.54) is 13.3 Å². The predicted molar refractivity (Wildman–Crippen MR) is 168 cm³/mol. The average Bonchev–Trinajstić information content (AvgIpc) is 2.86. The van der Waals surface area contributed by atoms with Gasteiger partial charge in [0.1, 0.15) is 6.04 Å². The van der Waals surface area contributed by atoms with Crippen molar-refractivity contribution in [1.29, 1.82) is 0 Å². The first-order valence-electron chi connectivity index (χ1n) is 10.5. The van der Waals surface area contributed by atoms with E-state index < -0.39 is 12.0 Å². The van der Waals surface area contributed by atoms with Crippen LogP contribution in [0.15, 0.2) is 46.9 Å². The van der Waals surface area contributed by atoms with E-state index in [2.05, 4.69) is 61.5 Å². The van der Waals surface area contributed by atoms with Gasteiger partial charge in [-0.05, 0) is 53.4 Å². The molecule has 0 aliphatic rings. The van der Waals surface area contributed by atoms with Gasteiger partial charge in [-0.1, -0.05) is 32.0 Å². The first-order valence-corrected chi connectivity index (χ1v) is 16.7. The minimum Gasteiger partial charge on any atom is -0.480 e. The molecule has 5 atom stereocenters. The number of esters is 1. The number of pyridine rings is 2. The number of azide groups is 2. The summed E-state index contributed by atoms with van der Waals surface area (Å²) in [5.74, 6) is -1.56. The molecule has 17 heteroatoms. The van der Waals surface area contributed by atoms with E-state index in [1.807, 2.05) is 6.07 Å². The molecule has 0 saturated heterocycles. The van der Waals surface area contributed by atoms with Crippen LogP contribution < -0.4 is 5.73 Å². The summed E-state index contributed by atoms with van der Waals surface area (Å²) in [5.41, 5.74) is 24.8. The summed E-state index contributed by atoms with van der Waals surface area (Å²) in [6.07, 6.45) is 3.84. The lowest BCUT2D eigenvalue weighted by molar-refractivity contribution is -0.144. The van der Waals surface area contributed by atoms with Crippen LogP contribution in [0.4, 0.5) is 0 Å². The van der Waals surface area contributed by atoms with Crippen LogP contribution in [0.1, 0.15) is 44.3 Å². The monoisotopic (exact) mass is 617 g/mol. The fourth-order valence-corrected chi connectivity index (χ4v) is 2.61. The van der Waals surface area contributed by atoms with Crippen LogP contribution in [0.2, 0.25) is 0 Å². The molecular weight excluding hydrogens is 578 g/mol. The molecule has 0 amide bonds. The van der Waals surface area contributed by atoms with E-state index in [9.17, 15) is 9.59 Å². The van der Waals surface area contributed by atoms with Crippen molar-refractivity contribution in [3.05, 3.63) is 80.1 Å². The van der Waals surface area contributed by atoms with Gasteiger partial charge in [0.25, 0.3) is 0 Å². The van der Waals surface area contributed by atoms with Crippen LogP contribution in [-0.2, 0) is 40.3 Å². The summed E-state index contributed by atoms with van der Waals surface area (Å²) >= 11 is 0. The highest BCUT2D eigenvalue weighted by atomic mass is 32.7. The maximum Gasteiger partial charge on any atom is 0.320 e. The fraction of sp³-hybridized carbons (Fsp3) is 0.455. The van der Waals surface area contributed by atoms with Crippen LogP contribution in [-0.4, -0.2) is 40.2 Å². The molecule has 0 aromatic carbocycles. The summed E-state index contributed by atoms with van der Waals surface area (Å²) in [7, 11) is 9.31. The Morgan fingerprint density at radius 2 is 1.44 bits per heavy atom. The number of aromatic nitrogens is 2. The van der Waals surface area contributed by atoms with Gasteiger partial charge < -0.3 is 15.6 Å². The van der Waals surface area contributed by atoms with E-state index in [1.54, 1.807) is 31.3 Å². The second-order valence-electron chi connectivity index (χ2n) is 7.31. The Balaban J connectivity index is -0.000000559. The number of aliphatic carboxylic acids is 1. The summed E-state index contributed by atoms with van der Waals surface area (Å²) in [4.78, 5) is 35.3. The third kappa shape index (κ3) is 21.1. The van der Waals surface area contributed by atoms with Crippen LogP contribution in [0, 0.1) is 5.92 Å². The number of carbonyl (C=O) groups excluding carboxylic acids is 1. The Kier molecular flexibility index (Phi) is 25.8. The van der Waals surface area contributed by atoms with Crippen molar-refractivity contribution in [3.8, 4) is 0 Å². The number of carboxylic acids is 1. The molecule has 0 aliphatic carbocycles. The molecule has 0 saturated carbocycles. The second kappa shape index (κ2) is 24.6. The number of carboxylic acid groups (broad SMARTS) is 1. The fourth-order valence-electron chi connectivity index (χ4n) is 2.61. The van der Waals surface area contributed by atoms with Crippen LogP contribution in [0.5, 0.6) is 0 Å². The molecule has 3 unspecified atom stereocenters. The van der Waals surface area contributed by atoms with Crippen molar-refractivity contribution >= 4 is 45.7 Å². The maximum atomic E-state index is 11.3. The van der Waals surface area contributed by atoms with Gasteiger partial charge in [-0.15, -0.1) is 26.8 Å². The molecule has 0 spiro atoms. The number of methoxy groups -OCH3 is 1. The van der Waals surface area contributed by atoms with Crippen molar-refractivity contribution in [1.82, 2.24) is 9.97 Å². The predicted octanol–water partition coefficient (Wildman–Crippen LogP) is 6.20. The van der Waals surface area contributed by atoms with E-state index in [0.717, 1.165) is 16.8 Å². The Hall–Kier alpha value is -2.46. The van der Waals surface area contributed by atoms with Crippen molar-refractivity contribution in [2.75, 3.05) is 7.11 Å². The second-order valence-corrected chi connectivity index (χ2v) is 18.9. The molecule has 39 heavy (non-hydrogen) atoms. The van der Waals surface area contributed by atoms with Crippen molar-refractivity contribution in [3.63, 3.8) is 0 Å². The first-order chi connectivity index (χ1) is 17.5. The van der Waals surface area contributed by atoms with Gasteiger partial charge in [0.15, 0.2) is 0 Å². The smallest absolute Gasteiger partial charge is 0.320 e. The standard InChI is InChI=1S/C11H14N4O2.C9H11N5O2.2CH4.H6P4/c1-8(11(16)17-2)5-10-6-9(3-4-13-10)7-14-15-12;10-8(9(15)16)4-7-3-6(1-2-12-7)5-13-14-11;;;1-4(2)3/h3-4,6,8H,5,7H2,1-2H3;1-3,8H,4-5,10H2,(H,15,16);2*1H4;1-3H2/t2*8-;;;/m00.../s1. The molecule has 0 radical (unpaired) electrons. The number of nitrogens with two attached hydrogens (primary N) is 1. The highest BCUT2D eigenvalue weighted by molar-refractivity contribution is 8.65. The summed E-state index contributed by atoms with van der Waals surface area (Å²) in [5, 5.41) is 15.5. The highest BCUT2D eigenvalue weighted by Crippen LogP contribution is 2.59. The van der Waals surface area contributed by atoms with Gasteiger partial charge in [0, 0.05) is 46.4 Å². The zero-order chi connectivity index (χ0) is 28.2. The molecular formula is C22H39N9O4P4. The van der Waals surface area contributed by atoms with Gasteiger partial charge in [0.05, 0.1) is 26.1 Å². The summed E-state index contributed by atoms with van der Waals surface area (Å²) < 4.78 is 4.65. The number of rotatable bonds is 10. The van der Waals surface area contributed by atoms with Crippen molar-refractivity contribution in [2.45, 2.75) is 53.8 Å². The average molecular weight is 618 g/mol. The third-order valence-electron chi connectivity index (χ3n) is 4.26. The zero-order valence-corrected chi connectivity index (χ0v) is 24.8. The molecule has 0 bridgehead atoms. The number of nitrogens with zero attached hydrogens (tertiary/aromatic N) is 8. The Labute approximate surface area is 237 Å².